The van der Waals surface area contributed by atoms with Crippen LogP contribution in [0.3, 0.4) is 0 Å². The molecule has 0 aliphatic carbocycles. The topological polar surface area (TPSA) is 44.5 Å². The molecule has 1 N–H and O–H groups in total. The van der Waals surface area contributed by atoms with Crippen molar-refractivity contribution in [2.24, 2.45) is 7.05 Å². The third-order valence-corrected chi connectivity index (χ3v) is 4.22. The largest absolute Gasteiger partial charge is 0.390 e. The molecule has 0 bridgehead atoms. The van der Waals surface area contributed by atoms with E-state index in [2.05, 4.69) is 23.7 Å². The number of rotatable bonds is 5. The molecule has 3 aromatic rings. The summed E-state index contributed by atoms with van der Waals surface area (Å²) in [4.78, 5) is 8.54. The molecule has 0 aliphatic rings. The number of nitrogens with zero attached hydrogens (tertiary/aromatic N) is 4. The summed E-state index contributed by atoms with van der Waals surface area (Å²) in [5.41, 5.74) is 3.97. The zero-order chi connectivity index (χ0) is 17.3. The lowest BCUT2D eigenvalue weighted by atomic mass is 10.2. The SMILES string of the molecule is C=CN(c1ccc2c(c1)cc(CO)n2C)c1ncccc1N(C)C. The van der Waals surface area contributed by atoms with Gasteiger partial charge in [0.15, 0.2) is 5.82 Å². The minimum atomic E-state index is 0.0245. The first-order chi connectivity index (χ1) is 11.6. The van der Waals surface area contributed by atoms with Gasteiger partial charge in [-0.15, -0.1) is 0 Å². The van der Waals surface area contributed by atoms with E-state index in [-0.39, 0.29) is 6.61 Å². The van der Waals surface area contributed by atoms with Crippen molar-refractivity contribution in [3.63, 3.8) is 0 Å². The van der Waals surface area contributed by atoms with Crippen LogP contribution in [0.15, 0.2) is 55.4 Å². The van der Waals surface area contributed by atoms with E-state index < -0.39 is 0 Å². The second-order valence-electron chi connectivity index (χ2n) is 5.89. The number of aromatic nitrogens is 2. The molecule has 0 unspecified atom stereocenters. The highest BCUT2D eigenvalue weighted by atomic mass is 16.3. The van der Waals surface area contributed by atoms with Crippen LogP contribution >= 0.6 is 0 Å². The Morgan fingerprint density at radius 1 is 1.25 bits per heavy atom. The number of hydrogen-bond acceptors (Lipinski definition) is 4. The van der Waals surface area contributed by atoms with Crippen molar-refractivity contribution >= 4 is 28.1 Å². The summed E-state index contributed by atoms with van der Waals surface area (Å²) < 4.78 is 2.00. The van der Waals surface area contributed by atoms with Crippen LogP contribution in [0.2, 0.25) is 0 Å². The molecule has 0 radical (unpaired) electrons. The molecular weight excluding hydrogens is 300 g/mol. The summed E-state index contributed by atoms with van der Waals surface area (Å²) in [5, 5.41) is 10.5. The average molecular weight is 322 g/mol. The molecule has 0 aliphatic heterocycles. The van der Waals surface area contributed by atoms with E-state index in [9.17, 15) is 5.11 Å². The van der Waals surface area contributed by atoms with Crippen LogP contribution in [0.1, 0.15) is 5.69 Å². The van der Waals surface area contributed by atoms with Crippen molar-refractivity contribution in [3.05, 3.63) is 61.1 Å². The fourth-order valence-corrected chi connectivity index (χ4v) is 2.93. The molecule has 0 fully saturated rings. The van der Waals surface area contributed by atoms with Gasteiger partial charge in [0.05, 0.1) is 12.3 Å². The van der Waals surface area contributed by atoms with E-state index in [1.54, 1.807) is 12.4 Å². The first-order valence-electron chi connectivity index (χ1n) is 7.80. The molecule has 0 atom stereocenters. The minimum Gasteiger partial charge on any atom is -0.390 e. The number of fused-ring (bicyclic) bond motifs is 1. The molecule has 5 heteroatoms. The number of aryl methyl sites for hydroxylation is 1. The number of aliphatic hydroxyl groups is 1. The summed E-state index contributed by atoms with van der Waals surface area (Å²) in [6.45, 7) is 3.98. The predicted octanol–water partition coefficient (Wildman–Crippen LogP) is 3.41. The van der Waals surface area contributed by atoms with Crippen molar-refractivity contribution in [1.82, 2.24) is 9.55 Å². The molecule has 2 aromatic heterocycles. The predicted molar refractivity (Wildman–Crippen MR) is 99.7 cm³/mol. The maximum Gasteiger partial charge on any atom is 0.160 e. The molecule has 0 saturated heterocycles. The Morgan fingerprint density at radius 3 is 2.71 bits per heavy atom. The van der Waals surface area contributed by atoms with Crippen molar-refractivity contribution in [2.75, 3.05) is 23.9 Å². The van der Waals surface area contributed by atoms with Crippen molar-refractivity contribution in [1.29, 1.82) is 0 Å². The highest BCUT2D eigenvalue weighted by Crippen LogP contribution is 2.33. The first kappa shape index (κ1) is 16.1. The van der Waals surface area contributed by atoms with Crippen molar-refractivity contribution in [2.45, 2.75) is 6.61 Å². The summed E-state index contributed by atoms with van der Waals surface area (Å²) in [6, 6.07) is 12.1. The van der Waals surface area contributed by atoms with Gasteiger partial charge in [0, 0.05) is 55.8 Å². The van der Waals surface area contributed by atoms with Crippen LogP contribution in [0.25, 0.3) is 10.9 Å². The zero-order valence-electron chi connectivity index (χ0n) is 14.3. The number of benzene rings is 1. The van der Waals surface area contributed by atoms with E-state index in [1.807, 2.05) is 59.8 Å². The quantitative estimate of drug-likeness (QED) is 0.782. The fraction of sp³-hybridized carbons (Fsp3) is 0.211. The van der Waals surface area contributed by atoms with Gasteiger partial charge >= 0.3 is 0 Å². The molecule has 5 nitrogen and oxygen atoms in total. The van der Waals surface area contributed by atoms with Crippen LogP contribution < -0.4 is 9.80 Å². The smallest absolute Gasteiger partial charge is 0.160 e. The van der Waals surface area contributed by atoms with Crippen molar-refractivity contribution < 1.29 is 5.11 Å². The summed E-state index contributed by atoms with van der Waals surface area (Å²) >= 11 is 0. The summed E-state index contributed by atoms with van der Waals surface area (Å²) in [5.74, 6) is 0.829. The molecular formula is C19H22N4O. The number of pyridine rings is 1. The first-order valence-corrected chi connectivity index (χ1v) is 7.80. The zero-order valence-corrected chi connectivity index (χ0v) is 14.3. The number of anilines is 3. The third kappa shape index (κ3) is 2.63. The molecule has 1 aromatic carbocycles. The fourth-order valence-electron chi connectivity index (χ4n) is 2.93. The summed E-state index contributed by atoms with van der Waals surface area (Å²) in [6.07, 6.45) is 3.55. The Balaban J connectivity index is 2.12. The van der Waals surface area contributed by atoms with Gasteiger partial charge in [-0.2, -0.15) is 0 Å². The molecule has 0 amide bonds. The Morgan fingerprint density at radius 2 is 2.04 bits per heavy atom. The Kier molecular flexibility index (Phi) is 4.27. The molecule has 2 heterocycles. The molecule has 24 heavy (non-hydrogen) atoms. The van der Waals surface area contributed by atoms with Gasteiger partial charge in [-0.3, -0.25) is 0 Å². The van der Waals surface area contributed by atoms with E-state index in [0.29, 0.717) is 0 Å². The van der Waals surface area contributed by atoms with Crippen LogP contribution in [0.5, 0.6) is 0 Å². The van der Waals surface area contributed by atoms with Gasteiger partial charge in [-0.05, 0) is 36.4 Å². The van der Waals surface area contributed by atoms with Gasteiger partial charge in [0.25, 0.3) is 0 Å². The monoisotopic (exact) mass is 322 g/mol. The van der Waals surface area contributed by atoms with Crippen LogP contribution in [-0.4, -0.2) is 28.8 Å². The Labute approximate surface area is 142 Å². The lowest BCUT2D eigenvalue weighted by Crippen LogP contribution is -2.17. The average Bonchev–Trinajstić information content (AvgIpc) is 2.91. The highest BCUT2D eigenvalue weighted by molar-refractivity contribution is 5.87. The van der Waals surface area contributed by atoms with E-state index in [4.69, 9.17) is 0 Å². The lowest BCUT2D eigenvalue weighted by Gasteiger charge is -2.25. The number of aliphatic hydroxyl groups excluding tert-OH is 1. The van der Waals surface area contributed by atoms with Gasteiger partial charge in [0.1, 0.15) is 0 Å². The number of hydrogen-bond donors (Lipinski definition) is 1. The maximum atomic E-state index is 9.46. The minimum absolute atomic E-state index is 0.0245. The van der Waals surface area contributed by atoms with Gasteiger partial charge in [-0.1, -0.05) is 6.58 Å². The van der Waals surface area contributed by atoms with Gasteiger partial charge < -0.3 is 19.5 Å². The van der Waals surface area contributed by atoms with E-state index >= 15 is 0 Å². The van der Waals surface area contributed by atoms with Crippen molar-refractivity contribution in [3.8, 4) is 0 Å². The van der Waals surface area contributed by atoms with E-state index in [0.717, 1.165) is 33.8 Å². The molecule has 124 valence electrons. The second kappa shape index (κ2) is 6.37. The summed E-state index contributed by atoms with van der Waals surface area (Å²) in [7, 11) is 5.95. The highest BCUT2D eigenvalue weighted by Gasteiger charge is 2.15. The standard InChI is InChI=1S/C19H22N4O/c1-5-23(19-18(21(2)3)7-6-10-20-19)15-8-9-17-14(11-15)12-16(13-24)22(17)4/h5-12,24H,1,13H2,2-4H3. The van der Waals surface area contributed by atoms with Crippen LogP contribution in [0.4, 0.5) is 17.2 Å². The lowest BCUT2D eigenvalue weighted by molar-refractivity contribution is 0.273. The molecule has 0 spiro atoms. The molecule has 0 saturated carbocycles. The molecule has 3 rings (SSSR count). The Hall–Kier alpha value is -2.79. The second-order valence-corrected chi connectivity index (χ2v) is 5.89. The van der Waals surface area contributed by atoms with Crippen LogP contribution in [0, 0.1) is 0 Å². The van der Waals surface area contributed by atoms with Gasteiger partial charge in [-0.25, -0.2) is 4.98 Å². The maximum absolute atomic E-state index is 9.46. The third-order valence-electron chi connectivity index (χ3n) is 4.22. The van der Waals surface area contributed by atoms with Gasteiger partial charge in [0.2, 0.25) is 0 Å². The normalized spacial score (nSPS) is 10.8. The van der Waals surface area contributed by atoms with Crippen LogP contribution in [-0.2, 0) is 13.7 Å². The Bertz CT molecular complexity index is 882. The van der Waals surface area contributed by atoms with E-state index in [1.165, 1.54) is 0 Å².